The van der Waals surface area contributed by atoms with Crippen LogP contribution in [0.3, 0.4) is 0 Å². The fourth-order valence-electron chi connectivity index (χ4n) is 3.13. The lowest BCUT2D eigenvalue weighted by Crippen LogP contribution is -2.16. The summed E-state index contributed by atoms with van der Waals surface area (Å²) >= 11 is 0. The van der Waals surface area contributed by atoms with Crippen molar-refractivity contribution < 1.29 is 23.1 Å². The van der Waals surface area contributed by atoms with Crippen LogP contribution in [-0.2, 0) is 4.74 Å². The summed E-state index contributed by atoms with van der Waals surface area (Å²) < 4.78 is 33.0. The molecule has 0 fully saturated rings. The van der Waals surface area contributed by atoms with Crippen LogP contribution in [0, 0.1) is 0 Å². The zero-order chi connectivity index (χ0) is 22.0. The van der Waals surface area contributed by atoms with Gasteiger partial charge in [0.05, 0.1) is 30.3 Å². The van der Waals surface area contributed by atoms with Gasteiger partial charge in [-0.3, -0.25) is 4.79 Å². The largest absolute Gasteiger partial charge is 0.465 e. The molecule has 1 amide bonds. The third kappa shape index (κ3) is 3.85. The van der Waals surface area contributed by atoms with E-state index in [1.807, 2.05) is 0 Å². The van der Waals surface area contributed by atoms with E-state index in [2.05, 4.69) is 15.4 Å². The van der Waals surface area contributed by atoms with Crippen LogP contribution in [0.4, 0.5) is 14.5 Å². The van der Waals surface area contributed by atoms with Gasteiger partial charge in [-0.05, 0) is 18.2 Å². The Kier molecular flexibility index (Phi) is 5.40. The number of amides is 1. The number of carbonyl (C=O) groups is 2. The number of nitrogens with zero attached hydrogens (tertiary/aromatic N) is 3. The number of alkyl halides is 2. The first-order valence-corrected chi connectivity index (χ1v) is 9.20. The maximum atomic E-state index is 13.7. The highest BCUT2D eigenvalue weighted by atomic mass is 19.3. The van der Waals surface area contributed by atoms with Crippen molar-refractivity contribution in [3.8, 4) is 11.3 Å². The van der Waals surface area contributed by atoms with E-state index in [0.29, 0.717) is 5.56 Å². The molecule has 2 aromatic heterocycles. The number of rotatable bonds is 5. The number of halogens is 2. The number of hydrogen-bond acceptors (Lipinski definition) is 5. The second kappa shape index (κ2) is 8.31. The van der Waals surface area contributed by atoms with Crippen LogP contribution in [0.25, 0.3) is 16.9 Å². The van der Waals surface area contributed by atoms with Crippen LogP contribution in [0.2, 0.25) is 0 Å². The molecule has 0 aliphatic rings. The van der Waals surface area contributed by atoms with Crippen molar-refractivity contribution in [2.75, 3.05) is 12.4 Å². The Balaban J connectivity index is 1.79. The van der Waals surface area contributed by atoms with E-state index < -0.39 is 24.0 Å². The third-order valence-corrected chi connectivity index (χ3v) is 4.62. The number of carbonyl (C=O) groups excluding carboxylic acids is 2. The van der Waals surface area contributed by atoms with Crippen molar-refractivity contribution in [3.63, 3.8) is 0 Å². The number of aromatic nitrogens is 3. The topological polar surface area (TPSA) is 85.6 Å². The molecule has 0 saturated carbocycles. The fraction of sp³-hybridized carbons (Fsp3) is 0.0909. The summed E-state index contributed by atoms with van der Waals surface area (Å²) in [7, 11) is 1.23. The van der Waals surface area contributed by atoms with Crippen LogP contribution >= 0.6 is 0 Å². The minimum atomic E-state index is -2.83. The predicted octanol–water partition coefficient (Wildman–Crippen LogP) is 4.37. The van der Waals surface area contributed by atoms with Gasteiger partial charge in [0, 0.05) is 5.56 Å². The van der Waals surface area contributed by atoms with E-state index in [4.69, 9.17) is 4.74 Å². The molecule has 4 aromatic rings. The van der Waals surface area contributed by atoms with Crippen molar-refractivity contribution in [2.24, 2.45) is 0 Å². The number of esters is 1. The Morgan fingerprint density at radius 3 is 2.45 bits per heavy atom. The van der Waals surface area contributed by atoms with Gasteiger partial charge in [0.15, 0.2) is 5.65 Å². The Labute approximate surface area is 175 Å². The number of ether oxygens (including phenoxy) is 1. The second-order valence-electron chi connectivity index (χ2n) is 6.52. The Morgan fingerprint density at radius 1 is 1.03 bits per heavy atom. The van der Waals surface area contributed by atoms with E-state index >= 15 is 0 Å². The molecule has 2 aromatic carbocycles. The average molecular weight is 422 g/mol. The Bertz CT molecular complexity index is 1270. The van der Waals surface area contributed by atoms with Gasteiger partial charge in [0.25, 0.3) is 12.3 Å². The Hall–Kier alpha value is -4.14. The summed E-state index contributed by atoms with van der Waals surface area (Å²) in [6.45, 7) is 0. The monoisotopic (exact) mass is 422 g/mol. The zero-order valence-electron chi connectivity index (χ0n) is 16.3. The molecule has 0 aliphatic heterocycles. The molecule has 0 unspecified atom stereocenters. The van der Waals surface area contributed by atoms with Gasteiger partial charge < -0.3 is 10.1 Å². The van der Waals surface area contributed by atoms with Gasteiger partial charge in [0.2, 0.25) is 0 Å². The van der Waals surface area contributed by atoms with Crippen molar-refractivity contribution in [3.05, 3.63) is 83.7 Å². The Morgan fingerprint density at radius 2 is 1.74 bits per heavy atom. The molecule has 2 heterocycles. The number of hydrogen-bond donors (Lipinski definition) is 1. The summed E-state index contributed by atoms with van der Waals surface area (Å²) in [6.07, 6.45) is -1.66. The number of benzene rings is 2. The first-order valence-electron chi connectivity index (χ1n) is 9.20. The molecule has 0 spiro atoms. The molecule has 0 bridgehead atoms. The average Bonchev–Trinajstić information content (AvgIpc) is 3.23. The standard InChI is InChI=1S/C22H16F2N4O3/c1-31-22(30)14-9-5-6-10-16(14)27-21(29)15-12-25-28-18(19(23)24)11-17(26-20(15)28)13-7-3-2-4-8-13/h2-12,19H,1H3,(H,27,29). The van der Waals surface area contributed by atoms with Gasteiger partial charge in [-0.1, -0.05) is 42.5 Å². The van der Waals surface area contributed by atoms with Crippen molar-refractivity contribution in [1.29, 1.82) is 0 Å². The van der Waals surface area contributed by atoms with Crippen molar-refractivity contribution in [2.45, 2.75) is 6.43 Å². The van der Waals surface area contributed by atoms with Gasteiger partial charge in [-0.25, -0.2) is 23.1 Å². The summed E-state index contributed by atoms with van der Waals surface area (Å²) in [5.41, 5.74) is 0.846. The zero-order valence-corrected chi connectivity index (χ0v) is 16.3. The van der Waals surface area contributed by atoms with Crippen LogP contribution in [0.1, 0.15) is 32.8 Å². The lowest BCUT2D eigenvalue weighted by molar-refractivity contribution is 0.0602. The van der Waals surface area contributed by atoms with Gasteiger partial charge in [-0.15, -0.1) is 0 Å². The normalized spacial score (nSPS) is 11.0. The summed E-state index contributed by atoms with van der Waals surface area (Å²) in [5, 5.41) is 6.54. The third-order valence-electron chi connectivity index (χ3n) is 4.62. The smallest absolute Gasteiger partial charge is 0.339 e. The molecule has 7 nitrogen and oxygen atoms in total. The molecule has 156 valence electrons. The van der Waals surface area contributed by atoms with Gasteiger partial charge in [-0.2, -0.15) is 5.10 Å². The molecule has 0 saturated heterocycles. The summed E-state index contributed by atoms with van der Waals surface area (Å²) in [4.78, 5) is 29.3. The van der Waals surface area contributed by atoms with E-state index in [9.17, 15) is 18.4 Å². The van der Waals surface area contributed by atoms with E-state index in [0.717, 1.165) is 4.52 Å². The van der Waals surface area contributed by atoms with Crippen molar-refractivity contribution >= 4 is 23.2 Å². The molecule has 4 rings (SSSR count). The number of fused-ring (bicyclic) bond motifs is 1. The van der Waals surface area contributed by atoms with Crippen LogP contribution < -0.4 is 5.32 Å². The molecule has 0 radical (unpaired) electrons. The molecule has 0 aliphatic carbocycles. The SMILES string of the molecule is COC(=O)c1ccccc1NC(=O)c1cnn2c(C(F)F)cc(-c3ccccc3)nc12. The van der Waals surface area contributed by atoms with Crippen LogP contribution in [0.15, 0.2) is 66.9 Å². The van der Waals surface area contributed by atoms with Crippen molar-refractivity contribution in [1.82, 2.24) is 14.6 Å². The first kappa shape index (κ1) is 20.1. The highest BCUT2D eigenvalue weighted by Crippen LogP contribution is 2.27. The van der Waals surface area contributed by atoms with E-state index in [1.54, 1.807) is 42.5 Å². The summed E-state index contributed by atoms with van der Waals surface area (Å²) in [5.74, 6) is -1.27. The fourth-order valence-corrected chi connectivity index (χ4v) is 3.13. The number of anilines is 1. The highest BCUT2D eigenvalue weighted by molar-refractivity contribution is 6.10. The minimum Gasteiger partial charge on any atom is -0.465 e. The minimum absolute atomic E-state index is 0.0145. The second-order valence-corrected chi connectivity index (χ2v) is 6.52. The maximum Gasteiger partial charge on any atom is 0.339 e. The number of para-hydroxylation sites is 1. The highest BCUT2D eigenvalue weighted by Gasteiger charge is 2.22. The molecular formula is C22H16F2N4O3. The predicted molar refractivity (Wildman–Crippen MR) is 109 cm³/mol. The van der Waals surface area contributed by atoms with Crippen LogP contribution in [-0.4, -0.2) is 33.6 Å². The quantitative estimate of drug-likeness (QED) is 0.483. The number of nitrogens with one attached hydrogen (secondary N) is 1. The van der Waals surface area contributed by atoms with Gasteiger partial charge in [0.1, 0.15) is 11.3 Å². The summed E-state index contributed by atoms with van der Waals surface area (Å²) in [6, 6.07) is 16.3. The molecule has 0 atom stereocenters. The van der Waals surface area contributed by atoms with E-state index in [1.165, 1.54) is 31.5 Å². The molecular weight excluding hydrogens is 406 g/mol. The molecule has 1 N–H and O–H groups in total. The lowest BCUT2D eigenvalue weighted by atomic mass is 10.1. The number of methoxy groups -OCH3 is 1. The lowest BCUT2D eigenvalue weighted by Gasteiger charge is -2.10. The maximum absolute atomic E-state index is 13.7. The first-order chi connectivity index (χ1) is 15.0. The molecule has 31 heavy (non-hydrogen) atoms. The van der Waals surface area contributed by atoms with E-state index in [-0.39, 0.29) is 28.2 Å². The van der Waals surface area contributed by atoms with Gasteiger partial charge >= 0.3 is 5.97 Å². The van der Waals surface area contributed by atoms with Crippen LogP contribution in [0.5, 0.6) is 0 Å². The molecule has 9 heteroatoms.